The summed E-state index contributed by atoms with van der Waals surface area (Å²) >= 11 is 6.05. The fourth-order valence-corrected chi connectivity index (χ4v) is 3.74. The average molecular weight is 451 g/mol. The van der Waals surface area contributed by atoms with Gasteiger partial charge in [-0.2, -0.15) is 5.10 Å². The molecule has 1 aliphatic rings. The Balaban J connectivity index is 1.42. The van der Waals surface area contributed by atoms with E-state index in [1.54, 1.807) is 6.08 Å². The lowest BCUT2D eigenvalue weighted by Crippen LogP contribution is -2.38. The molecule has 32 heavy (non-hydrogen) atoms. The molecular weight excluding hydrogens is 424 g/mol. The molecule has 0 saturated carbocycles. The lowest BCUT2D eigenvalue weighted by molar-refractivity contribution is -0.116. The van der Waals surface area contributed by atoms with Gasteiger partial charge in [-0.25, -0.2) is 4.68 Å². The van der Waals surface area contributed by atoms with E-state index in [1.807, 2.05) is 71.6 Å². The van der Waals surface area contributed by atoms with Crippen molar-refractivity contribution in [3.8, 4) is 16.9 Å². The molecule has 4 rings (SSSR count). The van der Waals surface area contributed by atoms with Gasteiger partial charge in [0.05, 0.1) is 24.6 Å². The Morgan fingerprint density at radius 2 is 1.84 bits per heavy atom. The van der Waals surface area contributed by atoms with Gasteiger partial charge in [0.15, 0.2) is 0 Å². The Bertz CT molecular complexity index is 1040. The quantitative estimate of drug-likeness (QED) is 0.415. The first-order valence-electron chi connectivity index (χ1n) is 10.9. The van der Waals surface area contributed by atoms with E-state index in [9.17, 15) is 4.79 Å². The number of nitrogens with zero attached hydrogens (tertiary/aromatic N) is 3. The molecule has 0 aliphatic carbocycles. The molecule has 1 aliphatic heterocycles. The number of nitrogens with one attached hydrogen (secondary N) is 1. The van der Waals surface area contributed by atoms with Crippen molar-refractivity contribution in [1.29, 1.82) is 0 Å². The lowest BCUT2D eigenvalue weighted by atomic mass is 10.1. The van der Waals surface area contributed by atoms with E-state index < -0.39 is 0 Å². The van der Waals surface area contributed by atoms with Crippen molar-refractivity contribution >= 4 is 23.6 Å². The first-order chi connectivity index (χ1) is 15.7. The molecule has 2 aromatic carbocycles. The number of benzene rings is 2. The molecule has 7 heteroatoms. The van der Waals surface area contributed by atoms with Gasteiger partial charge < -0.3 is 10.1 Å². The molecule has 0 unspecified atom stereocenters. The molecule has 0 spiro atoms. The minimum absolute atomic E-state index is 0.110. The fraction of sp³-hybridized carbons (Fsp3) is 0.280. The van der Waals surface area contributed by atoms with Crippen LogP contribution < -0.4 is 5.32 Å². The van der Waals surface area contributed by atoms with Crippen molar-refractivity contribution in [1.82, 2.24) is 20.0 Å². The Labute approximate surface area is 193 Å². The molecule has 0 radical (unpaired) electrons. The summed E-state index contributed by atoms with van der Waals surface area (Å²) in [5.41, 5.74) is 3.55. The summed E-state index contributed by atoms with van der Waals surface area (Å²) in [4.78, 5) is 14.7. The van der Waals surface area contributed by atoms with Crippen LogP contribution in [0.2, 0.25) is 5.02 Å². The van der Waals surface area contributed by atoms with Crippen LogP contribution in [0.25, 0.3) is 23.0 Å². The molecule has 1 aromatic heterocycles. The Kier molecular flexibility index (Phi) is 7.72. The third-order valence-corrected chi connectivity index (χ3v) is 5.60. The van der Waals surface area contributed by atoms with Gasteiger partial charge in [0.25, 0.3) is 0 Å². The summed E-state index contributed by atoms with van der Waals surface area (Å²) in [6, 6.07) is 17.4. The van der Waals surface area contributed by atoms with Crippen molar-refractivity contribution in [2.24, 2.45) is 0 Å². The van der Waals surface area contributed by atoms with Crippen LogP contribution in [-0.2, 0) is 9.53 Å². The van der Waals surface area contributed by atoms with E-state index in [0.717, 1.165) is 61.8 Å². The highest BCUT2D eigenvalue weighted by Gasteiger charge is 2.12. The highest BCUT2D eigenvalue weighted by atomic mass is 35.5. The molecular formula is C25H27ClN4O2. The summed E-state index contributed by atoms with van der Waals surface area (Å²) in [5, 5.41) is 8.40. The van der Waals surface area contributed by atoms with E-state index in [-0.39, 0.29) is 5.91 Å². The fourth-order valence-electron chi connectivity index (χ4n) is 3.62. The standard InChI is InChI=1S/C25H27ClN4O2/c26-22-10-7-20(8-11-22)25-21(19-30(28-25)23-5-2-1-3-6-23)9-12-24(31)27-13-4-14-29-15-17-32-18-16-29/h1-3,5-12,19H,4,13-18H2,(H,27,31)/b12-9+. The molecule has 6 nitrogen and oxygen atoms in total. The van der Waals surface area contributed by atoms with Crippen LogP contribution in [0.1, 0.15) is 12.0 Å². The number of carbonyl (C=O) groups is 1. The predicted octanol–water partition coefficient (Wildman–Crippen LogP) is 4.04. The summed E-state index contributed by atoms with van der Waals surface area (Å²) in [5.74, 6) is -0.110. The van der Waals surface area contributed by atoms with Crippen LogP contribution in [0.5, 0.6) is 0 Å². The lowest BCUT2D eigenvalue weighted by Gasteiger charge is -2.26. The number of rotatable bonds is 8. The van der Waals surface area contributed by atoms with Gasteiger partial charge in [-0.15, -0.1) is 0 Å². The molecule has 1 saturated heterocycles. The number of amides is 1. The van der Waals surface area contributed by atoms with E-state index in [2.05, 4.69) is 10.2 Å². The maximum Gasteiger partial charge on any atom is 0.244 e. The number of para-hydroxylation sites is 1. The summed E-state index contributed by atoms with van der Waals surface area (Å²) < 4.78 is 7.18. The molecule has 3 aromatic rings. The monoisotopic (exact) mass is 450 g/mol. The Morgan fingerprint density at radius 3 is 2.59 bits per heavy atom. The van der Waals surface area contributed by atoms with Crippen molar-refractivity contribution in [2.75, 3.05) is 39.4 Å². The molecule has 0 bridgehead atoms. The second-order valence-electron chi connectivity index (χ2n) is 7.65. The van der Waals surface area contributed by atoms with Gasteiger partial charge in [-0.3, -0.25) is 9.69 Å². The second-order valence-corrected chi connectivity index (χ2v) is 8.09. The van der Waals surface area contributed by atoms with Crippen LogP contribution in [0, 0.1) is 0 Å². The molecule has 1 amide bonds. The van der Waals surface area contributed by atoms with Gasteiger partial charge in [-0.05, 0) is 43.3 Å². The number of hydrogen-bond donors (Lipinski definition) is 1. The predicted molar refractivity (Wildman–Crippen MR) is 128 cm³/mol. The summed E-state index contributed by atoms with van der Waals surface area (Å²) in [6.07, 6.45) is 6.23. The zero-order chi connectivity index (χ0) is 22.2. The van der Waals surface area contributed by atoms with Gasteiger partial charge in [-0.1, -0.05) is 41.9 Å². The van der Waals surface area contributed by atoms with Crippen molar-refractivity contribution in [3.05, 3.63) is 77.5 Å². The summed E-state index contributed by atoms with van der Waals surface area (Å²) in [7, 11) is 0. The molecule has 0 atom stereocenters. The summed E-state index contributed by atoms with van der Waals surface area (Å²) in [6.45, 7) is 5.13. The van der Waals surface area contributed by atoms with E-state index in [0.29, 0.717) is 11.6 Å². The van der Waals surface area contributed by atoms with Crippen molar-refractivity contribution < 1.29 is 9.53 Å². The minimum Gasteiger partial charge on any atom is -0.379 e. The van der Waals surface area contributed by atoms with E-state index in [4.69, 9.17) is 21.4 Å². The van der Waals surface area contributed by atoms with Gasteiger partial charge in [0.2, 0.25) is 5.91 Å². The highest BCUT2D eigenvalue weighted by molar-refractivity contribution is 6.30. The van der Waals surface area contributed by atoms with Crippen molar-refractivity contribution in [3.63, 3.8) is 0 Å². The Hall–Kier alpha value is -2.93. The van der Waals surface area contributed by atoms with Crippen LogP contribution in [-0.4, -0.2) is 60.0 Å². The van der Waals surface area contributed by atoms with Crippen molar-refractivity contribution in [2.45, 2.75) is 6.42 Å². The van der Waals surface area contributed by atoms with Crippen LogP contribution in [0.3, 0.4) is 0 Å². The maximum absolute atomic E-state index is 12.4. The zero-order valence-electron chi connectivity index (χ0n) is 17.9. The second kappa shape index (κ2) is 11.1. The Morgan fingerprint density at radius 1 is 1.09 bits per heavy atom. The number of ether oxygens (including phenoxy) is 1. The number of aromatic nitrogens is 2. The van der Waals surface area contributed by atoms with Crippen LogP contribution in [0.4, 0.5) is 0 Å². The van der Waals surface area contributed by atoms with Crippen LogP contribution >= 0.6 is 11.6 Å². The van der Waals surface area contributed by atoms with Gasteiger partial charge in [0.1, 0.15) is 0 Å². The smallest absolute Gasteiger partial charge is 0.244 e. The molecule has 166 valence electrons. The maximum atomic E-state index is 12.4. The third kappa shape index (κ3) is 6.07. The first kappa shape index (κ1) is 22.3. The number of morpholine rings is 1. The van der Waals surface area contributed by atoms with Gasteiger partial charge >= 0.3 is 0 Å². The largest absolute Gasteiger partial charge is 0.379 e. The number of carbonyl (C=O) groups excluding carboxylic acids is 1. The zero-order valence-corrected chi connectivity index (χ0v) is 18.7. The van der Waals surface area contributed by atoms with Crippen LogP contribution in [0.15, 0.2) is 66.9 Å². The number of hydrogen-bond acceptors (Lipinski definition) is 4. The topological polar surface area (TPSA) is 59.4 Å². The minimum atomic E-state index is -0.110. The SMILES string of the molecule is O=C(/C=C/c1cn(-c2ccccc2)nc1-c1ccc(Cl)cc1)NCCCN1CCOCC1. The third-order valence-electron chi connectivity index (χ3n) is 5.35. The normalized spacial score (nSPS) is 14.7. The van der Waals surface area contributed by atoms with Gasteiger partial charge in [0, 0.05) is 48.1 Å². The average Bonchev–Trinajstić information content (AvgIpc) is 3.26. The molecule has 2 heterocycles. The number of halogens is 1. The van der Waals surface area contributed by atoms with E-state index >= 15 is 0 Å². The first-order valence-corrected chi connectivity index (χ1v) is 11.2. The molecule has 1 fully saturated rings. The van der Waals surface area contributed by atoms with E-state index in [1.165, 1.54) is 0 Å². The molecule has 1 N–H and O–H groups in total. The highest BCUT2D eigenvalue weighted by Crippen LogP contribution is 2.26.